The molecule has 1 aliphatic heterocycles. The van der Waals surface area contributed by atoms with Crippen LogP contribution >= 0.6 is 0 Å². The molecule has 1 heterocycles. The number of nitrogens with zero attached hydrogens (tertiary/aromatic N) is 2. The molecule has 4 aromatic rings. The van der Waals surface area contributed by atoms with Gasteiger partial charge in [0.05, 0.1) is 65.9 Å². The SMILES string of the molecule is O=C(CN1CCOCCOCCN(CC(=O)N[C@@H](Cc2ccccc2)C(=O)OCc2ccccc2)CCOCCOCC1)N[C@@H](Cc1ccccc1)C(=O)OCc1ccccc1. The van der Waals surface area contributed by atoms with Gasteiger partial charge in [0, 0.05) is 39.0 Å². The molecule has 5 rings (SSSR count). The fourth-order valence-corrected chi connectivity index (χ4v) is 6.59. The zero-order chi connectivity index (χ0) is 43.5. The van der Waals surface area contributed by atoms with Gasteiger partial charge in [0.15, 0.2) is 0 Å². The molecule has 14 nitrogen and oxygen atoms in total. The van der Waals surface area contributed by atoms with Gasteiger partial charge in [-0.3, -0.25) is 19.4 Å². The molecular weight excluding hydrogens is 793 g/mol. The van der Waals surface area contributed by atoms with E-state index in [9.17, 15) is 19.2 Å². The highest BCUT2D eigenvalue weighted by atomic mass is 16.5. The lowest BCUT2D eigenvalue weighted by Crippen LogP contribution is -2.48. The van der Waals surface area contributed by atoms with Crippen molar-refractivity contribution in [3.05, 3.63) is 144 Å². The van der Waals surface area contributed by atoms with E-state index in [4.69, 9.17) is 28.4 Å². The van der Waals surface area contributed by atoms with Crippen LogP contribution in [0.4, 0.5) is 0 Å². The van der Waals surface area contributed by atoms with Gasteiger partial charge in [0.25, 0.3) is 0 Å². The average molecular weight is 853 g/mol. The normalized spacial score (nSPS) is 16.4. The minimum Gasteiger partial charge on any atom is -0.459 e. The monoisotopic (exact) mass is 852 g/mol. The van der Waals surface area contributed by atoms with Crippen LogP contribution in [0.15, 0.2) is 121 Å². The third-order valence-corrected chi connectivity index (χ3v) is 9.94. The van der Waals surface area contributed by atoms with Gasteiger partial charge in [0.2, 0.25) is 11.8 Å². The Balaban J connectivity index is 1.08. The molecule has 2 atom stereocenters. The molecule has 62 heavy (non-hydrogen) atoms. The molecule has 1 saturated heterocycles. The van der Waals surface area contributed by atoms with Gasteiger partial charge in [0.1, 0.15) is 25.3 Å². The Morgan fingerprint density at radius 2 is 0.726 bits per heavy atom. The van der Waals surface area contributed by atoms with Gasteiger partial charge >= 0.3 is 11.9 Å². The van der Waals surface area contributed by atoms with Crippen molar-refractivity contribution in [3.63, 3.8) is 0 Å². The zero-order valence-electron chi connectivity index (χ0n) is 35.4. The molecule has 4 aromatic carbocycles. The smallest absolute Gasteiger partial charge is 0.329 e. The van der Waals surface area contributed by atoms with Crippen molar-refractivity contribution < 1.29 is 47.6 Å². The van der Waals surface area contributed by atoms with E-state index in [0.29, 0.717) is 91.9 Å². The van der Waals surface area contributed by atoms with Crippen molar-refractivity contribution in [1.29, 1.82) is 0 Å². The van der Waals surface area contributed by atoms with Crippen molar-refractivity contribution in [2.75, 3.05) is 92.1 Å². The standard InChI is InChI=1S/C48H60N4O10/c53-45(49-43(33-39-13-5-1-6-14-39)47(55)61-37-41-17-9-3-10-18-41)35-51-21-25-57-29-31-59-27-23-52(24-28-60-32-30-58-26-22-51)36-46(54)50-44(34-40-15-7-2-8-16-40)48(56)62-38-42-19-11-4-12-20-42/h1-20,43-44H,21-38H2,(H,49,53)(H,50,54)/t43-,44-/m0/s1. The topological polar surface area (TPSA) is 154 Å². The van der Waals surface area contributed by atoms with Gasteiger partial charge in [-0.25, -0.2) is 9.59 Å². The van der Waals surface area contributed by atoms with Crippen LogP contribution in [0.2, 0.25) is 0 Å². The minimum absolute atomic E-state index is 0.0300. The fourth-order valence-electron chi connectivity index (χ4n) is 6.59. The van der Waals surface area contributed by atoms with Crippen LogP contribution in [0.25, 0.3) is 0 Å². The fraction of sp³-hybridized carbons (Fsp3) is 0.417. The van der Waals surface area contributed by atoms with Crippen molar-refractivity contribution in [1.82, 2.24) is 20.4 Å². The first-order valence-corrected chi connectivity index (χ1v) is 21.2. The molecule has 0 aromatic heterocycles. The molecular formula is C48H60N4O10. The van der Waals surface area contributed by atoms with Gasteiger partial charge in [-0.05, 0) is 22.3 Å². The van der Waals surface area contributed by atoms with Gasteiger partial charge < -0.3 is 39.1 Å². The maximum Gasteiger partial charge on any atom is 0.329 e. The number of ether oxygens (including phenoxy) is 6. The second-order valence-corrected chi connectivity index (χ2v) is 14.8. The number of hydrogen-bond acceptors (Lipinski definition) is 12. The quantitative estimate of drug-likeness (QED) is 0.159. The Bertz CT molecular complexity index is 1720. The summed E-state index contributed by atoms with van der Waals surface area (Å²) in [4.78, 5) is 57.2. The third-order valence-electron chi connectivity index (χ3n) is 9.94. The predicted octanol–water partition coefficient (Wildman–Crippen LogP) is 3.61. The second-order valence-electron chi connectivity index (χ2n) is 14.8. The van der Waals surface area contributed by atoms with E-state index in [0.717, 1.165) is 22.3 Å². The van der Waals surface area contributed by atoms with Crippen LogP contribution in [0.1, 0.15) is 22.3 Å². The number of hydrogen-bond donors (Lipinski definition) is 2. The van der Waals surface area contributed by atoms with Crippen LogP contribution in [0.5, 0.6) is 0 Å². The van der Waals surface area contributed by atoms with Gasteiger partial charge in [-0.15, -0.1) is 0 Å². The van der Waals surface area contributed by atoms with Crippen molar-refractivity contribution in [2.45, 2.75) is 38.1 Å². The summed E-state index contributed by atoms with van der Waals surface area (Å²) in [5, 5.41) is 5.81. The average Bonchev–Trinajstić information content (AvgIpc) is 3.29. The van der Waals surface area contributed by atoms with Gasteiger partial charge in [-0.1, -0.05) is 121 Å². The maximum absolute atomic E-state index is 13.4. The first-order chi connectivity index (χ1) is 30.4. The first kappa shape index (κ1) is 47.6. The zero-order valence-corrected chi connectivity index (χ0v) is 35.4. The molecule has 0 saturated carbocycles. The minimum atomic E-state index is -0.869. The molecule has 0 unspecified atom stereocenters. The van der Waals surface area contributed by atoms with Crippen molar-refractivity contribution in [2.24, 2.45) is 0 Å². The third kappa shape index (κ3) is 19.1. The van der Waals surface area contributed by atoms with Crippen molar-refractivity contribution >= 4 is 23.8 Å². The Morgan fingerprint density at radius 3 is 1.03 bits per heavy atom. The number of rotatable bonds is 16. The van der Waals surface area contributed by atoms with Crippen LogP contribution in [0.3, 0.4) is 0 Å². The highest BCUT2D eigenvalue weighted by Gasteiger charge is 2.26. The molecule has 0 radical (unpaired) electrons. The molecule has 332 valence electrons. The molecule has 2 N–H and O–H groups in total. The first-order valence-electron chi connectivity index (χ1n) is 21.2. The van der Waals surface area contributed by atoms with Crippen LogP contribution in [0, 0.1) is 0 Å². The molecule has 1 fully saturated rings. The number of nitrogens with one attached hydrogen (secondary N) is 2. The van der Waals surface area contributed by atoms with Crippen LogP contribution in [-0.4, -0.2) is 138 Å². The molecule has 1 aliphatic rings. The maximum atomic E-state index is 13.4. The molecule has 0 spiro atoms. The highest BCUT2D eigenvalue weighted by Crippen LogP contribution is 2.10. The molecule has 0 aliphatic carbocycles. The Morgan fingerprint density at radius 1 is 0.435 bits per heavy atom. The van der Waals surface area contributed by atoms with E-state index < -0.39 is 24.0 Å². The number of carbonyl (C=O) groups excluding carboxylic acids is 4. The highest BCUT2D eigenvalue weighted by molar-refractivity contribution is 5.86. The summed E-state index contributed by atoms with van der Waals surface area (Å²) in [6.07, 6.45) is 0.581. The van der Waals surface area contributed by atoms with Crippen molar-refractivity contribution in [3.8, 4) is 0 Å². The van der Waals surface area contributed by atoms with Crippen LogP contribution in [-0.2, 0) is 73.7 Å². The summed E-state index contributed by atoms with van der Waals surface area (Å²) in [7, 11) is 0. The van der Waals surface area contributed by atoms with E-state index in [1.54, 1.807) is 0 Å². The van der Waals surface area contributed by atoms with E-state index in [2.05, 4.69) is 10.6 Å². The summed E-state index contributed by atoms with van der Waals surface area (Å²) >= 11 is 0. The Hall–Kier alpha value is -5.48. The summed E-state index contributed by atoms with van der Waals surface area (Å²) in [6.45, 7) is 4.77. The summed E-state index contributed by atoms with van der Waals surface area (Å²) in [6, 6.07) is 36.1. The number of benzene rings is 4. The number of esters is 2. The summed E-state index contributed by atoms with van der Waals surface area (Å²) in [5.41, 5.74) is 3.52. The largest absolute Gasteiger partial charge is 0.459 e. The summed E-state index contributed by atoms with van der Waals surface area (Å²) in [5.74, 6) is -1.64. The second kappa shape index (κ2) is 28.2. The van der Waals surface area contributed by atoms with E-state index in [1.807, 2.05) is 131 Å². The summed E-state index contributed by atoms with van der Waals surface area (Å²) < 4.78 is 34.7. The van der Waals surface area contributed by atoms with E-state index in [1.165, 1.54) is 0 Å². The van der Waals surface area contributed by atoms with Gasteiger partial charge in [-0.2, -0.15) is 0 Å². The predicted molar refractivity (Wildman–Crippen MR) is 233 cm³/mol. The Labute approximate surface area is 364 Å². The molecule has 2 amide bonds. The number of carbonyl (C=O) groups is 4. The lowest BCUT2D eigenvalue weighted by molar-refractivity contribution is -0.149. The lowest BCUT2D eigenvalue weighted by atomic mass is 10.1. The van der Waals surface area contributed by atoms with E-state index in [-0.39, 0.29) is 38.1 Å². The van der Waals surface area contributed by atoms with Crippen LogP contribution < -0.4 is 10.6 Å². The number of amides is 2. The Kier molecular flexibility index (Phi) is 21.6. The van der Waals surface area contributed by atoms with E-state index >= 15 is 0 Å². The lowest BCUT2D eigenvalue weighted by Gasteiger charge is -2.25. The molecule has 0 bridgehead atoms. The molecule has 14 heteroatoms.